The molecule has 2 unspecified atom stereocenters. The van der Waals surface area contributed by atoms with E-state index < -0.39 is 8.56 Å². The molecule has 18 heavy (non-hydrogen) atoms. The maximum atomic E-state index is 6.07. The van der Waals surface area contributed by atoms with E-state index in [1.165, 1.54) is 43.7 Å². The molecule has 1 aliphatic rings. The Morgan fingerprint density at radius 3 is 2.72 bits per heavy atom. The summed E-state index contributed by atoms with van der Waals surface area (Å²) in [5, 5.41) is 0. The van der Waals surface area contributed by atoms with E-state index in [2.05, 4.69) is 33.4 Å². The maximum Gasteiger partial charge on any atom is 0.334 e. The van der Waals surface area contributed by atoms with Crippen LogP contribution in [0.5, 0.6) is 0 Å². The molecule has 2 nitrogen and oxygen atoms in total. The molecule has 1 heterocycles. The standard InChI is InChI=1S/C15H30O2Si/c1-14(2)8-7-9-15(3)10-12-17-18(4)13-6-5-11-16-18/h8,15H,5-7,9-13H2,1-4H3. The van der Waals surface area contributed by atoms with Gasteiger partial charge in [-0.2, -0.15) is 0 Å². The molecule has 0 saturated carbocycles. The lowest BCUT2D eigenvalue weighted by Gasteiger charge is -2.31. The minimum atomic E-state index is -1.76. The lowest BCUT2D eigenvalue weighted by atomic mass is 10.0. The van der Waals surface area contributed by atoms with Gasteiger partial charge in [-0.3, -0.25) is 0 Å². The Hall–Kier alpha value is -0.123. The zero-order chi connectivity index (χ0) is 13.4. The Kier molecular flexibility index (Phi) is 7.20. The minimum absolute atomic E-state index is 0.752. The SMILES string of the molecule is CC(C)=CCCC(C)CCO[Si]1(C)CCCCO1. The smallest absolute Gasteiger partial charge is 0.334 e. The molecule has 1 fully saturated rings. The van der Waals surface area contributed by atoms with Gasteiger partial charge in [0, 0.05) is 13.2 Å². The van der Waals surface area contributed by atoms with E-state index in [-0.39, 0.29) is 0 Å². The van der Waals surface area contributed by atoms with Crippen LogP contribution in [0, 0.1) is 5.92 Å². The Bertz CT molecular complexity index is 253. The highest BCUT2D eigenvalue weighted by Gasteiger charge is 2.33. The fourth-order valence-corrected chi connectivity index (χ4v) is 4.69. The van der Waals surface area contributed by atoms with Gasteiger partial charge in [0.25, 0.3) is 0 Å². The molecule has 1 rings (SSSR count). The summed E-state index contributed by atoms with van der Waals surface area (Å²) < 4.78 is 11.9. The van der Waals surface area contributed by atoms with Crippen molar-refractivity contribution in [1.82, 2.24) is 0 Å². The van der Waals surface area contributed by atoms with Crippen molar-refractivity contribution in [3.8, 4) is 0 Å². The van der Waals surface area contributed by atoms with Crippen LogP contribution in [0.1, 0.15) is 52.9 Å². The van der Waals surface area contributed by atoms with Gasteiger partial charge >= 0.3 is 8.56 Å². The number of rotatable bonds is 7. The van der Waals surface area contributed by atoms with Crippen molar-refractivity contribution in [3.63, 3.8) is 0 Å². The van der Waals surface area contributed by atoms with E-state index in [0.29, 0.717) is 0 Å². The summed E-state index contributed by atoms with van der Waals surface area (Å²) in [5.74, 6) is 0.752. The molecule has 3 heteroatoms. The second kappa shape index (κ2) is 8.13. The molecule has 0 aliphatic carbocycles. The fourth-order valence-electron chi connectivity index (χ4n) is 2.30. The quantitative estimate of drug-likeness (QED) is 0.495. The summed E-state index contributed by atoms with van der Waals surface area (Å²) in [7, 11) is -1.76. The van der Waals surface area contributed by atoms with E-state index in [1.54, 1.807) is 0 Å². The van der Waals surface area contributed by atoms with Gasteiger partial charge in [0.2, 0.25) is 0 Å². The first-order chi connectivity index (χ1) is 8.52. The Labute approximate surface area is 114 Å². The van der Waals surface area contributed by atoms with Crippen LogP contribution in [0.15, 0.2) is 11.6 Å². The molecule has 0 N–H and O–H groups in total. The van der Waals surface area contributed by atoms with Crippen molar-refractivity contribution in [2.75, 3.05) is 13.2 Å². The van der Waals surface area contributed by atoms with Gasteiger partial charge in [-0.1, -0.05) is 18.6 Å². The first-order valence-electron chi connectivity index (χ1n) is 7.43. The monoisotopic (exact) mass is 270 g/mol. The number of hydrogen-bond acceptors (Lipinski definition) is 2. The van der Waals surface area contributed by atoms with E-state index in [0.717, 1.165) is 19.1 Å². The normalized spacial score (nSPS) is 25.8. The van der Waals surface area contributed by atoms with E-state index in [9.17, 15) is 0 Å². The van der Waals surface area contributed by atoms with Crippen LogP contribution in [-0.2, 0) is 8.85 Å². The zero-order valence-corrected chi connectivity index (χ0v) is 13.6. The topological polar surface area (TPSA) is 18.5 Å². The van der Waals surface area contributed by atoms with Crippen LogP contribution in [-0.4, -0.2) is 21.8 Å². The lowest BCUT2D eigenvalue weighted by molar-refractivity contribution is 0.146. The molecule has 0 amide bonds. The largest absolute Gasteiger partial charge is 0.394 e. The highest BCUT2D eigenvalue weighted by Crippen LogP contribution is 2.23. The van der Waals surface area contributed by atoms with Crippen LogP contribution in [0.25, 0.3) is 0 Å². The molecule has 2 atom stereocenters. The molecule has 1 saturated heterocycles. The summed E-state index contributed by atoms with van der Waals surface area (Å²) >= 11 is 0. The second-order valence-corrected chi connectivity index (χ2v) is 9.39. The van der Waals surface area contributed by atoms with Crippen LogP contribution >= 0.6 is 0 Å². The van der Waals surface area contributed by atoms with E-state index >= 15 is 0 Å². The van der Waals surface area contributed by atoms with E-state index in [4.69, 9.17) is 8.85 Å². The summed E-state index contributed by atoms with van der Waals surface area (Å²) in [6.07, 6.45) is 8.48. The molecule has 0 radical (unpaired) electrons. The van der Waals surface area contributed by atoms with Crippen molar-refractivity contribution in [3.05, 3.63) is 11.6 Å². The Morgan fingerprint density at radius 2 is 2.11 bits per heavy atom. The van der Waals surface area contributed by atoms with Crippen molar-refractivity contribution in [1.29, 1.82) is 0 Å². The van der Waals surface area contributed by atoms with Crippen LogP contribution in [0.2, 0.25) is 12.6 Å². The van der Waals surface area contributed by atoms with Crippen LogP contribution in [0.4, 0.5) is 0 Å². The predicted octanol–water partition coefficient (Wildman–Crippen LogP) is 4.66. The van der Waals surface area contributed by atoms with Gasteiger partial charge in [0.1, 0.15) is 0 Å². The van der Waals surface area contributed by atoms with Crippen molar-refractivity contribution in [2.45, 2.75) is 65.5 Å². The first kappa shape index (κ1) is 15.9. The highest BCUT2D eigenvalue weighted by atomic mass is 28.4. The lowest BCUT2D eigenvalue weighted by Crippen LogP contribution is -2.41. The second-order valence-electron chi connectivity index (χ2n) is 6.04. The third-order valence-corrected chi connectivity index (χ3v) is 6.55. The molecule has 0 aromatic heterocycles. The van der Waals surface area contributed by atoms with Gasteiger partial charge < -0.3 is 8.85 Å². The molecule has 106 valence electrons. The third kappa shape index (κ3) is 6.71. The molecular formula is C15H30O2Si. The van der Waals surface area contributed by atoms with Crippen LogP contribution < -0.4 is 0 Å². The molecule has 0 bridgehead atoms. The molecule has 0 spiro atoms. The minimum Gasteiger partial charge on any atom is -0.394 e. The van der Waals surface area contributed by atoms with Crippen molar-refractivity contribution < 1.29 is 8.85 Å². The van der Waals surface area contributed by atoms with Gasteiger partial charge in [-0.25, -0.2) is 0 Å². The average molecular weight is 270 g/mol. The number of hydrogen-bond donors (Lipinski definition) is 0. The Balaban J connectivity index is 2.10. The summed E-state index contributed by atoms with van der Waals surface area (Å²) in [4.78, 5) is 0. The fraction of sp³-hybridized carbons (Fsp3) is 0.867. The van der Waals surface area contributed by atoms with Crippen molar-refractivity contribution >= 4 is 8.56 Å². The van der Waals surface area contributed by atoms with Gasteiger partial charge in [-0.05, 0) is 64.5 Å². The Morgan fingerprint density at radius 1 is 1.33 bits per heavy atom. The van der Waals surface area contributed by atoms with Crippen LogP contribution in [0.3, 0.4) is 0 Å². The molecular weight excluding hydrogens is 240 g/mol. The highest BCUT2D eigenvalue weighted by molar-refractivity contribution is 6.66. The van der Waals surface area contributed by atoms with E-state index in [1.807, 2.05) is 0 Å². The zero-order valence-electron chi connectivity index (χ0n) is 12.6. The van der Waals surface area contributed by atoms with Gasteiger partial charge in [0.05, 0.1) is 0 Å². The number of allylic oxidation sites excluding steroid dienone is 2. The maximum absolute atomic E-state index is 6.07. The van der Waals surface area contributed by atoms with Crippen molar-refractivity contribution in [2.24, 2.45) is 5.92 Å². The van der Waals surface area contributed by atoms with Gasteiger partial charge in [-0.15, -0.1) is 0 Å². The van der Waals surface area contributed by atoms with Gasteiger partial charge in [0.15, 0.2) is 0 Å². The predicted molar refractivity (Wildman–Crippen MR) is 80.0 cm³/mol. The molecule has 0 aromatic rings. The molecule has 0 aromatic carbocycles. The summed E-state index contributed by atoms with van der Waals surface area (Å²) in [6, 6.07) is 1.18. The average Bonchev–Trinajstić information content (AvgIpc) is 2.29. The summed E-state index contributed by atoms with van der Waals surface area (Å²) in [5.41, 5.74) is 1.42. The first-order valence-corrected chi connectivity index (χ1v) is 9.95. The summed E-state index contributed by atoms with van der Waals surface area (Å²) in [6.45, 7) is 10.7. The third-order valence-electron chi connectivity index (χ3n) is 3.66. The molecule has 1 aliphatic heterocycles.